The number of aromatic nitrogens is 2. The average molecular weight is 304 g/mol. The summed E-state index contributed by atoms with van der Waals surface area (Å²) in [5.74, 6) is 0.572. The van der Waals surface area contributed by atoms with Gasteiger partial charge in [0.1, 0.15) is 0 Å². The third-order valence-electron chi connectivity index (χ3n) is 2.30. The van der Waals surface area contributed by atoms with Gasteiger partial charge in [-0.3, -0.25) is 4.79 Å². The first kappa shape index (κ1) is 13.5. The van der Waals surface area contributed by atoms with Crippen LogP contribution in [0.25, 0.3) is 0 Å². The van der Waals surface area contributed by atoms with E-state index in [2.05, 4.69) is 15.3 Å². The van der Waals surface area contributed by atoms with Crippen molar-refractivity contribution in [2.75, 3.05) is 12.3 Å². The Morgan fingerprint density at radius 2 is 2.28 bits per heavy atom. The molecule has 1 aromatic heterocycles. The molecule has 0 saturated heterocycles. The van der Waals surface area contributed by atoms with Crippen LogP contribution in [0.3, 0.4) is 0 Å². The number of allylic oxidation sites excluding steroid dienone is 1. The zero-order valence-electron chi connectivity index (χ0n) is 9.59. The van der Waals surface area contributed by atoms with Crippen LogP contribution in [0.5, 0.6) is 0 Å². The minimum absolute atomic E-state index is 0.156. The number of nitrogens with one attached hydrogen (secondary N) is 2. The van der Waals surface area contributed by atoms with Crippen molar-refractivity contribution < 1.29 is 0 Å². The normalized spacial score (nSPS) is 15.4. The molecule has 96 valence electrons. The molecule has 0 amide bonds. The molecule has 0 unspecified atom stereocenters. The lowest BCUT2D eigenvalue weighted by atomic mass is 10.2. The quantitative estimate of drug-likeness (QED) is 0.665. The molecule has 0 spiro atoms. The Morgan fingerprint density at radius 3 is 2.94 bits per heavy atom. The van der Waals surface area contributed by atoms with Gasteiger partial charge in [-0.1, -0.05) is 35.0 Å². The summed E-state index contributed by atoms with van der Waals surface area (Å²) < 4.78 is 0. The molecule has 2 heterocycles. The molecule has 0 saturated carbocycles. The minimum atomic E-state index is -0.156. The molecular weight excluding hydrogens is 293 g/mol. The maximum absolute atomic E-state index is 11.3. The van der Waals surface area contributed by atoms with Crippen LogP contribution in [-0.2, 0) is 0 Å². The zero-order chi connectivity index (χ0) is 13.1. The molecule has 0 atom stereocenters. The Hall–Kier alpha value is -0.910. The van der Waals surface area contributed by atoms with Crippen molar-refractivity contribution in [1.82, 2.24) is 15.3 Å². The van der Waals surface area contributed by atoms with Crippen molar-refractivity contribution in [2.45, 2.75) is 12.1 Å². The van der Waals surface area contributed by atoms with Crippen LogP contribution >= 0.6 is 35.0 Å². The SMILES string of the molecule is Cc1cc(=O)[nH]c(SCC2=C(Cl)CNC=C2Cl)n1. The molecule has 18 heavy (non-hydrogen) atoms. The summed E-state index contributed by atoms with van der Waals surface area (Å²) >= 11 is 13.6. The maximum Gasteiger partial charge on any atom is 0.251 e. The Labute approximate surface area is 118 Å². The zero-order valence-corrected chi connectivity index (χ0v) is 11.9. The van der Waals surface area contributed by atoms with Crippen molar-refractivity contribution in [1.29, 1.82) is 0 Å². The van der Waals surface area contributed by atoms with Gasteiger partial charge in [-0.05, 0) is 12.5 Å². The van der Waals surface area contributed by atoms with E-state index in [4.69, 9.17) is 23.2 Å². The van der Waals surface area contributed by atoms with Gasteiger partial charge in [0.25, 0.3) is 5.56 Å². The lowest BCUT2D eigenvalue weighted by Gasteiger charge is -2.15. The predicted octanol–water partition coefficient (Wildman–Crippen LogP) is 2.35. The average Bonchev–Trinajstić information content (AvgIpc) is 2.27. The minimum Gasteiger partial charge on any atom is -0.385 e. The summed E-state index contributed by atoms with van der Waals surface area (Å²) in [6.45, 7) is 2.36. The lowest BCUT2D eigenvalue weighted by molar-refractivity contribution is 0.904. The van der Waals surface area contributed by atoms with Gasteiger partial charge in [-0.2, -0.15) is 0 Å². The first-order chi connectivity index (χ1) is 8.56. The van der Waals surface area contributed by atoms with Crippen LogP contribution in [0.1, 0.15) is 5.69 Å². The summed E-state index contributed by atoms with van der Waals surface area (Å²) in [5.41, 5.74) is 1.40. The second-order valence-electron chi connectivity index (χ2n) is 3.74. The smallest absolute Gasteiger partial charge is 0.251 e. The standard InChI is InChI=1S/C11H11Cl2N3OS/c1-6-2-10(17)16-11(15-6)18-5-7-8(12)3-14-4-9(7)13/h2-3,14H,4-5H2,1H3,(H,15,16,17). The van der Waals surface area contributed by atoms with Crippen molar-refractivity contribution in [3.63, 3.8) is 0 Å². The summed E-state index contributed by atoms with van der Waals surface area (Å²) in [5, 5.41) is 4.81. The fourth-order valence-electron chi connectivity index (χ4n) is 1.46. The number of halogens is 2. The van der Waals surface area contributed by atoms with E-state index < -0.39 is 0 Å². The van der Waals surface area contributed by atoms with Gasteiger partial charge in [-0.15, -0.1) is 0 Å². The van der Waals surface area contributed by atoms with Gasteiger partial charge >= 0.3 is 0 Å². The van der Waals surface area contributed by atoms with E-state index in [1.54, 1.807) is 13.1 Å². The van der Waals surface area contributed by atoms with Crippen LogP contribution in [0.15, 0.2) is 37.9 Å². The van der Waals surface area contributed by atoms with Crippen LogP contribution in [-0.4, -0.2) is 22.3 Å². The van der Waals surface area contributed by atoms with Crippen molar-refractivity contribution in [2.24, 2.45) is 0 Å². The monoisotopic (exact) mass is 303 g/mol. The van der Waals surface area contributed by atoms with Crippen LogP contribution in [0.2, 0.25) is 0 Å². The molecule has 7 heteroatoms. The number of rotatable bonds is 3. The molecule has 0 radical (unpaired) electrons. The third kappa shape index (κ3) is 3.31. The third-order valence-corrected chi connectivity index (χ3v) is 3.90. The molecular formula is C11H11Cl2N3OS. The van der Waals surface area contributed by atoms with Gasteiger partial charge in [-0.25, -0.2) is 4.98 Å². The van der Waals surface area contributed by atoms with E-state index in [1.807, 2.05) is 0 Å². The molecule has 2 rings (SSSR count). The second kappa shape index (κ2) is 5.82. The second-order valence-corrected chi connectivity index (χ2v) is 5.56. The highest BCUT2D eigenvalue weighted by molar-refractivity contribution is 7.99. The first-order valence-electron chi connectivity index (χ1n) is 5.24. The number of aromatic amines is 1. The summed E-state index contributed by atoms with van der Waals surface area (Å²) in [7, 11) is 0. The Balaban J connectivity index is 2.12. The van der Waals surface area contributed by atoms with E-state index in [1.165, 1.54) is 17.8 Å². The highest BCUT2D eigenvalue weighted by Gasteiger charge is 2.14. The predicted molar refractivity (Wildman–Crippen MR) is 75.1 cm³/mol. The molecule has 1 aromatic rings. The highest BCUT2D eigenvalue weighted by Crippen LogP contribution is 2.28. The molecule has 4 nitrogen and oxygen atoms in total. The van der Waals surface area contributed by atoms with E-state index in [9.17, 15) is 4.79 Å². The molecule has 1 aliphatic heterocycles. The number of nitrogens with zero attached hydrogens (tertiary/aromatic N) is 1. The van der Waals surface area contributed by atoms with Crippen molar-refractivity contribution in [3.05, 3.63) is 44.0 Å². The van der Waals surface area contributed by atoms with Crippen LogP contribution < -0.4 is 10.9 Å². The molecule has 0 fully saturated rings. The number of aryl methyl sites for hydroxylation is 1. The van der Waals surface area contributed by atoms with E-state index >= 15 is 0 Å². The number of hydrogen-bond acceptors (Lipinski definition) is 4. The van der Waals surface area contributed by atoms with Gasteiger partial charge in [0.05, 0.1) is 11.6 Å². The summed E-state index contributed by atoms with van der Waals surface area (Å²) in [6.07, 6.45) is 1.72. The molecule has 0 aliphatic carbocycles. The Bertz CT molecular complexity index is 580. The molecule has 2 N–H and O–H groups in total. The van der Waals surface area contributed by atoms with Gasteiger partial charge in [0.2, 0.25) is 0 Å². The maximum atomic E-state index is 11.3. The van der Waals surface area contributed by atoms with Gasteiger partial charge in [0.15, 0.2) is 5.16 Å². The van der Waals surface area contributed by atoms with Crippen molar-refractivity contribution >= 4 is 35.0 Å². The van der Waals surface area contributed by atoms with E-state index in [0.717, 1.165) is 5.57 Å². The highest BCUT2D eigenvalue weighted by atomic mass is 35.5. The Kier molecular flexibility index (Phi) is 4.37. The lowest BCUT2D eigenvalue weighted by Crippen LogP contribution is -2.16. The van der Waals surface area contributed by atoms with Crippen LogP contribution in [0.4, 0.5) is 0 Å². The van der Waals surface area contributed by atoms with Gasteiger partial charge < -0.3 is 10.3 Å². The number of hydrogen-bond donors (Lipinski definition) is 2. The molecule has 0 aromatic carbocycles. The van der Waals surface area contributed by atoms with E-state index in [0.29, 0.717) is 33.2 Å². The van der Waals surface area contributed by atoms with E-state index in [-0.39, 0.29) is 5.56 Å². The van der Waals surface area contributed by atoms with Gasteiger partial charge in [0, 0.05) is 28.7 Å². The Morgan fingerprint density at radius 1 is 1.50 bits per heavy atom. The largest absolute Gasteiger partial charge is 0.385 e. The first-order valence-corrected chi connectivity index (χ1v) is 6.98. The summed E-state index contributed by atoms with van der Waals surface area (Å²) in [6, 6.07) is 1.45. The number of H-pyrrole nitrogens is 1. The fraction of sp³-hybridized carbons (Fsp3) is 0.273. The number of thioether (sulfide) groups is 1. The topological polar surface area (TPSA) is 57.8 Å². The number of dihydropyridines is 1. The summed E-state index contributed by atoms with van der Waals surface area (Å²) in [4.78, 5) is 18.2. The molecule has 0 bridgehead atoms. The van der Waals surface area contributed by atoms with Crippen LogP contribution in [0, 0.1) is 6.92 Å². The van der Waals surface area contributed by atoms with Crippen molar-refractivity contribution in [3.8, 4) is 0 Å². The molecule has 1 aliphatic rings. The fourth-order valence-corrected chi connectivity index (χ4v) is 3.16.